The standard InChI is InChI=1S/C14H21N3O3/c1-2-3-8-17-12(19)5-4-11(16-17)13(20)15-9-14(10-18)6-7-14/h4-5,18H,2-3,6-10H2,1H3,(H,15,20). The van der Waals surface area contributed by atoms with Crippen LogP contribution in [0.25, 0.3) is 0 Å². The van der Waals surface area contributed by atoms with E-state index < -0.39 is 0 Å². The Balaban J connectivity index is 2.00. The molecule has 0 unspecified atom stereocenters. The van der Waals surface area contributed by atoms with Crippen LogP contribution < -0.4 is 10.9 Å². The Kier molecular flexibility index (Phi) is 4.54. The summed E-state index contributed by atoms with van der Waals surface area (Å²) in [4.78, 5) is 23.6. The highest BCUT2D eigenvalue weighted by atomic mass is 16.3. The molecule has 2 N–H and O–H groups in total. The Morgan fingerprint density at radius 3 is 2.85 bits per heavy atom. The molecule has 1 heterocycles. The second-order valence-corrected chi connectivity index (χ2v) is 5.47. The highest BCUT2D eigenvalue weighted by Gasteiger charge is 2.42. The van der Waals surface area contributed by atoms with Gasteiger partial charge in [0.1, 0.15) is 5.69 Å². The molecule has 0 aromatic carbocycles. The molecule has 0 saturated heterocycles. The minimum absolute atomic E-state index is 0.0940. The Bertz CT molecular complexity index is 535. The number of aryl methyl sites for hydroxylation is 1. The predicted octanol–water partition coefficient (Wildman–Crippen LogP) is 0.546. The zero-order valence-corrected chi connectivity index (χ0v) is 11.8. The van der Waals surface area contributed by atoms with E-state index in [9.17, 15) is 14.7 Å². The lowest BCUT2D eigenvalue weighted by Gasteiger charge is -2.12. The van der Waals surface area contributed by atoms with Crippen LogP contribution >= 0.6 is 0 Å². The van der Waals surface area contributed by atoms with Gasteiger partial charge in [-0.05, 0) is 25.3 Å². The molecule has 0 aliphatic heterocycles. The third-order valence-electron chi connectivity index (χ3n) is 3.74. The summed E-state index contributed by atoms with van der Waals surface area (Å²) in [5.41, 5.74) is -0.0785. The van der Waals surface area contributed by atoms with Gasteiger partial charge in [-0.25, -0.2) is 4.68 Å². The van der Waals surface area contributed by atoms with Gasteiger partial charge in [-0.3, -0.25) is 9.59 Å². The van der Waals surface area contributed by atoms with Crippen LogP contribution in [0.3, 0.4) is 0 Å². The van der Waals surface area contributed by atoms with Gasteiger partial charge in [0.25, 0.3) is 11.5 Å². The quantitative estimate of drug-likeness (QED) is 0.763. The molecule has 1 saturated carbocycles. The number of hydrogen-bond donors (Lipinski definition) is 2. The second kappa shape index (κ2) is 6.17. The second-order valence-electron chi connectivity index (χ2n) is 5.47. The van der Waals surface area contributed by atoms with Crippen LogP contribution in [-0.4, -0.2) is 33.9 Å². The number of hydrogen-bond acceptors (Lipinski definition) is 4. The summed E-state index contributed by atoms with van der Waals surface area (Å²) >= 11 is 0. The average molecular weight is 279 g/mol. The lowest BCUT2D eigenvalue weighted by Crippen LogP contribution is -2.34. The van der Waals surface area contributed by atoms with Crippen LogP contribution in [0.5, 0.6) is 0 Å². The summed E-state index contributed by atoms with van der Waals surface area (Å²) in [5.74, 6) is -0.296. The fraction of sp³-hybridized carbons (Fsp3) is 0.643. The Labute approximate surface area is 117 Å². The zero-order valence-electron chi connectivity index (χ0n) is 11.8. The Hall–Kier alpha value is -1.69. The molecule has 0 radical (unpaired) electrons. The van der Waals surface area contributed by atoms with Gasteiger partial charge >= 0.3 is 0 Å². The van der Waals surface area contributed by atoms with E-state index in [1.165, 1.54) is 16.8 Å². The third kappa shape index (κ3) is 3.45. The predicted molar refractivity (Wildman–Crippen MR) is 74.5 cm³/mol. The van der Waals surface area contributed by atoms with Gasteiger partial charge < -0.3 is 10.4 Å². The van der Waals surface area contributed by atoms with Crippen LogP contribution in [-0.2, 0) is 6.54 Å². The first kappa shape index (κ1) is 14.7. The van der Waals surface area contributed by atoms with E-state index in [4.69, 9.17) is 0 Å². The van der Waals surface area contributed by atoms with E-state index in [-0.39, 0.29) is 29.2 Å². The minimum Gasteiger partial charge on any atom is -0.396 e. The molecule has 2 rings (SSSR count). The largest absolute Gasteiger partial charge is 0.396 e. The smallest absolute Gasteiger partial charge is 0.271 e. The van der Waals surface area contributed by atoms with Crippen molar-refractivity contribution in [3.63, 3.8) is 0 Å². The summed E-state index contributed by atoms with van der Waals surface area (Å²) in [7, 11) is 0. The monoisotopic (exact) mass is 279 g/mol. The number of nitrogens with one attached hydrogen (secondary N) is 1. The zero-order chi connectivity index (χ0) is 14.6. The highest BCUT2D eigenvalue weighted by molar-refractivity contribution is 5.92. The first-order valence-corrected chi connectivity index (χ1v) is 7.07. The maximum Gasteiger partial charge on any atom is 0.271 e. The van der Waals surface area contributed by atoms with E-state index in [2.05, 4.69) is 10.4 Å². The molecule has 6 nitrogen and oxygen atoms in total. The van der Waals surface area contributed by atoms with Gasteiger partial charge in [0, 0.05) is 24.6 Å². The number of aromatic nitrogens is 2. The van der Waals surface area contributed by atoms with E-state index in [0.717, 1.165) is 25.7 Å². The molecule has 0 atom stereocenters. The lowest BCUT2D eigenvalue weighted by atomic mass is 10.1. The van der Waals surface area contributed by atoms with Crippen molar-refractivity contribution in [1.82, 2.24) is 15.1 Å². The fourth-order valence-corrected chi connectivity index (χ4v) is 1.96. The van der Waals surface area contributed by atoms with Crippen molar-refractivity contribution in [2.24, 2.45) is 5.41 Å². The molecule has 1 aliphatic rings. The van der Waals surface area contributed by atoms with E-state index in [1.807, 2.05) is 6.92 Å². The van der Waals surface area contributed by atoms with Crippen molar-refractivity contribution < 1.29 is 9.90 Å². The molecule has 20 heavy (non-hydrogen) atoms. The van der Waals surface area contributed by atoms with Gasteiger partial charge in [-0.15, -0.1) is 0 Å². The first-order valence-electron chi connectivity index (χ1n) is 7.07. The number of amides is 1. The third-order valence-corrected chi connectivity index (χ3v) is 3.74. The van der Waals surface area contributed by atoms with Gasteiger partial charge in [-0.1, -0.05) is 13.3 Å². The average Bonchev–Trinajstić information content (AvgIpc) is 3.24. The molecule has 0 spiro atoms. The van der Waals surface area contributed by atoms with Gasteiger partial charge in [0.15, 0.2) is 0 Å². The van der Waals surface area contributed by atoms with E-state index in [1.54, 1.807) is 0 Å². The van der Waals surface area contributed by atoms with Crippen LogP contribution in [0.2, 0.25) is 0 Å². The number of nitrogens with zero attached hydrogens (tertiary/aromatic N) is 2. The summed E-state index contributed by atoms with van der Waals surface area (Å²) in [5, 5.41) is 16.1. The summed E-state index contributed by atoms with van der Waals surface area (Å²) in [6, 6.07) is 2.81. The Morgan fingerprint density at radius 2 is 2.25 bits per heavy atom. The van der Waals surface area contributed by atoms with Crippen molar-refractivity contribution in [2.75, 3.05) is 13.2 Å². The highest BCUT2D eigenvalue weighted by Crippen LogP contribution is 2.44. The van der Waals surface area contributed by atoms with E-state index >= 15 is 0 Å². The molecule has 0 bridgehead atoms. The Morgan fingerprint density at radius 1 is 1.50 bits per heavy atom. The number of aliphatic hydroxyl groups excluding tert-OH is 1. The fourth-order valence-electron chi connectivity index (χ4n) is 1.96. The van der Waals surface area contributed by atoms with Crippen molar-refractivity contribution >= 4 is 5.91 Å². The maximum absolute atomic E-state index is 12.0. The van der Waals surface area contributed by atoms with Crippen molar-refractivity contribution in [3.05, 3.63) is 28.2 Å². The summed E-state index contributed by atoms with van der Waals surface area (Å²) < 4.78 is 1.33. The van der Waals surface area contributed by atoms with Crippen LogP contribution in [0.15, 0.2) is 16.9 Å². The molecule has 1 aromatic rings. The van der Waals surface area contributed by atoms with Gasteiger partial charge in [-0.2, -0.15) is 5.10 Å². The molecule has 6 heteroatoms. The molecule has 1 amide bonds. The molecule has 1 aromatic heterocycles. The number of rotatable bonds is 7. The molecule has 1 aliphatic carbocycles. The summed E-state index contributed by atoms with van der Waals surface area (Å²) in [6.07, 6.45) is 3.69. The van der Waals surface area contributed by atoms with Crippen LogP contribution in [0.1, 0.15) is 43.1 Å². The van der Waals surface area contributed by atoms with Crippen molar-refractivity contribution in [3.8, 4) is 0 Å². The molecular weight excluding hydrogens is 258 g/mol. The summed E-state index contributed by atoms with van der Waals surface area (Å²) in [6.45, 7) is 3.11. The molecule has 110 valence electrons. The number of carbonyl (C=O) groups excluding carboxylic acids is 1. The number of carbonyl (C=O) groups is 1. The number of aliphatic hydroxyl groups is 1. The van der Waals surface area contributed by atoms with Gasteiger partial charge in [0.05, 0.1) is 6.61 Å². The number of unbranched alkanes of at least 4 members (excludes halogenated alkanes) is 1. The van der Waals surface area contributed by atoms with Gasteiger partial charge in [0.2, 0.25) is 0 Å². The molecular formula is C14H21N3O3. The topological polar surface area (TPSA) is 84.2 Å². The normalized spacial score (nSPS) is 15.9. The van der Waals surface area contributed by atoms with Crippen LogP contribution in [0.4, 0.5) is 0 Å². The molecule has 1 fully saturated rings. The van der Waals surface area contributed by atoms with Crippen molar-refractivity contribution in [1.29, 1.82) is 0 Å². The first-order chi connectivity index (χ1) is 9.60. The SMILES string of the molecule is CCCCn1nc(C(=O)NCC2(CO)CC2)ccc1=O. The van der Waals surface area contributed by atoms with Crippen molar-refractivity contribution in [2.45, 2.75) is 39.2 Å². The maximum atomic E-state index is 12.0. The lowest BCUT2D eigenvalue weighted by molar-refractivity contribution is 0.0927. The van der Waals surface area contributed by atoms with E-state index in [0.29, 0.717) is 13.1 Å². The minimum atomic E-state index is -0.296. The van der Waals surface area contributed by atoms with Crippen LogP contribution in [0, 0.1) is 5.41 Å².